The van der Waals surface area contributed by atoms with Gasteiger partial charge >= 0.3 is 30.9 Å². The number of hydrogen-bond donors (Lipinski definition) is 2. The number of alkyl halides is 2. The summed E-state index contributed by atoms with van der Waals surface area (Å²) >= 11 is 0. The van der Waals surface area contributed by atoms with Crippen molar-refractivity contribution in [1.82, 2.24) is 0 Å². The summed E-state index contributed by atoms with van der Waals surface area (Å²) in [5.41, 5.74) is -6.83. The molecule has 0 bridgehead atoms. The van der Waals surface area contributed by atoms with E-state index in [1.165, 1.54) is 0 Å². The van der Waals surface area contributed by atoms with E-state index in [0.29, 0.717) is 6.92 Å². The van der Waals surface area contributed by atoms with Crippen LogP contribution in [-0.4, -0.2) is 34.3 Å². The first-order valence-electron chi connectivity index (χ1n) is 7.48. The van der Waals surface area contributed by atoms with E-state index in [-0.39, 0.29) is 12.1 Å². The summed E-state index contributed by atoms with van der Waals surface area (Å²) in [4.78, 5) is 33.0. The van der Waals surface area contributed by atoms with Gasteiger partial charge in [0, 0.05) is 13.3 Å². The molecule has 0 aromatic heterocycles. The van der Waals surface area contributed by atoms with Gasteiger partial charge in [-0.05, 0) is 18.6 Å². The number of hydrogen-bond acceptors (Lipinski definition) is 5. The van der Waals surface area contributed by atoms with E-state index < -0.39 is 78.9 Å². The highest BCUT2D eigenvalue weighted by atomic mass is 31.2. The van der Waals surface area contributed by atoms with E-state index in [9.17, 15) is 40.9 Å². The molecule has 0 spiro atoms. The van der Waals surface area contributed by atoms with Crippen molar-refractivity contribution in [2.75, 3.05) is 6.16 Å². The zero-order chi connectivity index (χ0) is 21.9. The highest BCUT2D eigenvalue weighted by Crippen LogP contribution is 2.67. The van der Waals surface area contributed by atoms with E-state index >= 15 is 0 Å². The highest BCUT2D eigenvalue weighted by Gasteiger charge is 2.57. The van der Waals surface area contributed by atoms with Crippen LogP contribution in [0.4, 0.5) is 22.0 Å². The standard InChI is InChI=1S/C15H14F5O7P/c1-7(21)27-28(26,6-8(14(24)25)2-5-11(22)23)15(19,20)9-3-4-10(16)13(18)12(9)17/h3-4,8H,2,5-6H2,1H3,(H,22,23)(H,24,25). The molecule has 0 heterocycles. The summed E-state index contributed by atoms with van der Waals surface area (Å²) in [6.07, 6.45) is -3.12. The summed E-state index contributed by atoms with van der Waals surface area (Å²) in [6.45, 7) is 0.567. The molecule has 156 valence electrons. The first-order chi connectivity index (χ1) is 12.7. The molecule has 0 saturated heterocycles. The summed E-state index contributed by atoms with van der Waals surface area (Å²) < 4.78 is 86.6. The van der Waals surface area contributed by atoms with Crippen LogP contribution in [0.5, 0.6) is 0 Å². The largest absolute Gasteiger partial charge is 0.481 e. The minimum atomic E-state index is -5.72. The molecule has 2 N–H and O–H groups in total. The predicted octanol–water partition coefficient (Wildman–Crippen LogP) is 3.56. The van der Waals surface area contributed by atoms with Crippen molar-refractivity contribution in [3.05, 3.63) is 35.1 Å². The zero-order valence-corrected chi connectivity index (χ0v) is 15.0. The number of carboxylic acids is 2. The molecular weight excluding hydrogens is 418 g/mol. The average Bonchev–Trinajstić information content (AvgIpc) is 2.55. The van der Waals surface area contributed by atoms with Gasteiger partial charge in [0.05, 0.1) is 17.6 Å². The summed E-state index contributed by atoms with van der Waals surface area (Å²) in [6, 6.07) is 0.204. The van der Waals surface area contributed by atoms with Gasteiger partial charge in [0.25, 0.3) is 0 Å². The van der Waals surface area contributed by atoms with Crippen LogP contribution in [0, 0.1) is 23.4 Å². The van der Waals surface area contributed by atoms with Crippen molar-refractivity contribution in [2.24, 2.45) is 5.92 Å². The van der Waals surface area contributed by atoms with Gasteiger partial charge in [-0.15, -0.1) is 0 Å². The molecule has 1 rings (SSSR count). The van der Waals surface area contributed by atoms with E-state index in [4.69, 9.17) is 10.2 Å². The molecule has 0 aliphatic rings. The molecule has 7 nitrogen and oxygen atoms in total. The number of rotatable bonds is 9. The number of carboxylic acid groups (broad SMARTS) is 2. The van der Waals surface area contributed by atoms with Crippen LogP contribution in [-0.2, 0) is 29.1 Å². The molecule has 0 radical (unpaired) electrons. The lowest BCUT2D eigenvalue weighted by Gasteiger charge is -2.28. The second kappa shape index (κ2) is 8.68. The van der Waals surface area contributed by atoms with Gasteiger partial charge in [0.15, 0.2) is 17.5 Å². The molecule has 2 unspecified atom stereocenters. The number of carbonyl (C=O) groups excluding carboxylic acids is 1. The molecule has 1 aromatic rings. The van der Waals surface area contributed by atoms with Crippen LogP contribution in [0.15, 0.2) is 12.1 Å². The highest BCUT2D eigenvalue weighted by molar-refractivity contribution is 7.60. The van der Waals surface area contributed by atoms with Crippen molar-refractivity contribution in [2.45, 2.75) is 25.4 Å². The molecule has 0 aliphatic carbocycles. The monoisotopic (exact) mass is 432 g/mol. The predicted molar refractivity (Wildman–Crippen MR) is 82.4 cm³/mol. The van der Waals surface area contributed by atoms with Crippen molar-refractivity contribution < 1.29 is 55.6 Å². The lowest BCUT2D eigenvalue weighted by atomic mass is 10.1. The second-order valence-electron chi connectivity index (χ2n) is 5.67. The first-order valence-corrected chi connectivity index (χ1v) is 9.29. The van der Waals surface area contributed by atoms with Crippen LogP contribution in [0.1, 0.15) is 25.3 Å². The smallest absolute Gasteiger partial charge is 0.359 e. The fourth-order valence-corrected chi connectivity index (χ4v) is 4.53. The molecular formula is C15H14F5O7P. The minimum absolute atomic E-state index is 0.0803. The Balaban J connectivity index is 3.47. The van der Waals surface area contributed by atoms with Crippen LogP contribution in [0.2, 0.25) is 0 Å². The van der Waals surface area contributed by atoms with E-state index in [1.807, 2.05) is 0 Å². The van der Waals surface area contributed by atoms with E-state index in [1.54, 1.807) is 0 Å². The maximum atomic E-state index is 14.8. The Labute approximate surface area is 154 Å². The Morgan fingerprint density at radius 1 is 1.14 bits per heavy atom. The quantitative estimate of drug-likeness (QED) is 0.348. The summed E-state index contributed by atoms with van der Waals surface area (Å²) in [5.74, 6) is -13.3. The molecule has 13 heteroatoms. The molecule has 2 atom stereocenters. The van der Waals surface area contributed by atoms with E-state index in [2.05, 4.69) is 4.52 Å². The maximum absolute atomic E-state index is 14.8. The second-order valence-corrected chi connectivity index (χ2v) is 8.13. The van der Waals surface area contributed by atoms with Gasteiger partial charge in [0.2, 0.25) is 0 Å². The third-order valence-corrected chi connectivity index (χ3v) is 6.15. The fraction of sp³-hybridized carbons (Fsp3) is 0.400. The Morgan fingerprint density at radius 2 is 1.71 bits per heavy atom. The lowest BCUT2D eigenvalue weighted by Crippen LogP contribution is -2.28. The van der Waals surface area contributed by atoms with Crippen LogP contribution in [0.25, 0.3) is 0 Å². The third kappa shape index (κ3) is 5.06. The zero-order valence-electron chi connectivity index (χ0n) is 14.1. The average molecular weight is 432 g/mol. The fourth-order valence-electron chi connectivity index (χ4n) is 2.24. The lowest BCUT2D eigenvalue weighted by molar-refractivity contribution is -0.142. The molecule has 28 heavy (non-hydrogen) atoms. The van der Waals surface area contributed by atoms with Gasteiger partial charge in [-0.25, -0.2) is 13.2 Å². The molecule has 1 aromatic carbocycles. The van der Waals surface area contributed by atoms with Gasteiger partial charge in [-0.2, -0.15) is 8.78 Å². The van der Waals surface area contributed by atoms with Crippen molar-refractivity contribution in [3.63, 3.8) is 0 Å². The Hall–Kier alpha value is -2.49. The molecule has 0 fully saturated rings. The SMILES string of the molecule is CC(=O)OP(=O)(CC(CCC(=O)O)C(=O)O)C(F)(F)c1ccc(F)c(F)c1F. The van der Waals surface area contributed by atoms with Crippen molar-refractivity contribution >= 4 is 25.3 Å². The normalized spacial score (nSPS) is 14.8. The van der Waals surface area contributed by atoms with E-state index in [0.717, 1.165) is 0 Å². The van der Waals surface area contributed by atoms with Gasteiger partial charge in [-0.1, -0.05) is 0 Å². The van der Waals surface area contributed by atoms with Crippen LogP contribution < -0.4 is 0 Å². The number of aliphatic carboxylic acids is 2. The Kier molecular flexibility index (Phi) is 7.30. The van der Waals surface area contributed by atoms with Gasteiger partial charge in [0.1, 0.15) is 0 Å². The topological polar surface area (TPSA) is 118 Å². The molecule has 0 aliphatic heterocycles. The third-order valence-electron chi connectivity index (χ3n) is 3.58. The first kappa shape index (κ1) is 23.5. The number of benzene rings is 1. The number of halogens is 5. The van der Waals surface area contributed by atoms with Gasteiger partial charge < -0.3 is 14.7 Å². The maximum Gasteiger partial charge on any atom is 0.359 e. The number of carbonyl (C=O) groups is 3. The van der Waals surface area contributed by atoms with Crippen molar-refractivity contribution in [3.8, 4) is 0 Å². The van der Waals surface area contributed by atoms with Gasteiger partial charge in [-0.3, -0.25) is 18.9 Å². The Morgan fingerprint density at radius 3 is 2.18 bits per heavy atom. The van der Waals surface area contributed by atoms with Crippen LogP contribution in [0.3, 0.4) is 0 Å². The molecule has 0 saturated carbocycles. The van der Waals surface area contributed by atoms with Crippen molar-refractivity contribution in [1.29, 1.82) is 0 Å². The van der Waals surface area contributed by atoms with Crippen LogP contribution >= 0.6 is 7.37 Å². The Bertz CT molecular complexity index is 842. The molecule has 0 amide bonds. The summed E-state index contributed by atoms with van der Waals surface area (Å²) in [7, 11) is -5.72. The minimum Gasteiger partial charge on any atom is -0.481 e. The summed E-state index contributed by atoms with van der Waals surface area (Å²) in [5, 5.41) is 17.7.